The average molecular weight is 519 g/mol. The minimum Gasteiger partial charge on any atom is -0.309 e. The Morgan fingerprint density at radius 1 is 0.528 bits per heavy atom. The maximum Gasteiger partial charge on any atom is 0.0450 e. The quantitative estimate of drug-likeness (QED) is 0.233. The van der Waals surface area contributed by atoms with Crippen LogP contribution in [0.15, 0.2) is 97.1 Å². The van der Waals surface area contributed by atoms with Crippen molar-refractivity contribution < 1.29 is 0 Å². The highest BCUT2D eigenvalue weighted by atomic mass is 35.5. The van der Waals surface area contributed by atoms with Gasteiger partial charge in [-0.25, -0.2) is 0 Å². The lowest BCUT2D eigenvalue weighted by Gasteiger charge is -2.22. The largest absolute Gasteiger partial charge is 0.309 e. The molecule has 0 aliphatic heterocycles. The second-order valence-electron chi connectivity index (χ2n) is 8.85. The van der Waals surface area contributed by atoms with E-state index in [0.29, 0.717) is 5.92 Å². The van der Waals surface area contributed by atoms with Gasteiger partial charge < -0.3 is 5.32 Å². The van der Waals surface area contributed by atoms with Gasteiger partial charge in [0.2, 0.25) is 0 Å². The van der Waals surface area contributed by atoms with Gasteiger partial charge in [-0.05, 0) is 64.8 Å². The zero-order valence-corrected chi connectivity index (χ0v) is 23.1. The summed E-state index contributed by atoms with van der Waals surface area (Å²) >= 11 is 12.1. The Kier molecular flexibility index (Phi) is 11.6. The van der Waals surface area contributed by atoms with E-state index >= 15 is 0 Å². The molecule has 188 valence electrons. The van der Waals surface area contributed by atoms with Crippen LogP contribution in [0.1, 0.15) is 66.5 Å². The summed E-state index contributed by atoms with van der Waals surface area (Å²) < 4.78 is 0. The van der Waals surface area contributed by atoms with E-state index < -0.39 is 0 Å². The number of benzene rings is 4. The molecule has 0 spiro atoms. The standard InChI is InChI=1S/C19H24.C14H13Cl2N/c1-4-15-11-7-9-13-18(15)17(6-3)19-14-10-8-12-16(19)5-2;15-13-7-3-1-5-11(13)9-17-10-12-6-2-4-8-14(12)16/h7-14,17H,4-6H2,1-3H3;1-8,17H,9-10H2. The van der Waals surface area contributed by atoms with Crippen LogP contribution in [-0.2, 0) is 25.9 Å². The van der Waals surface area contributed by atoms with Gasteiger partial charge in [0, 0.05) is 29.1 Å². The first-order chi connectivity index (χ1) is 17.6. The van der Waals surface area contributed by atoms with Gasteiger partial charge in [-0.2, -0.15) is 0 Å². The third-order valence-electron chi connectivity index (χ3n) is 6.58. The summed E-state index contributed by atoms with van der Waals surface area (Å²) in [6.45, 7) is 8.27. The number of aryl methyl sites for hydroxylation is 2. The van der Waals surface area contributed by atoms with Crippen molar-refractivity contribution in [3.05, 3.63) is 140 Å². The average Bonchev–Trinajstić information content (AvgIpc) is 2.92. The number of hydrogen-bond donors (Lipinski definition) is 1. The summed E-state index contributed by atoms with van der Waals surface area (Å²) in [4.78, 5) is 0. The predicted molar refractivity (Wildman–Crippen MR) is 157 cm³/mol. The molecule has 4 rings (SSSR count). The van der Waals surface area contributed by atoms with Crippen molar-refractivity contribution in [2.75, 3.05) is 0 Å². The zero-order valence-electron chi connectivity index (χ0n) is 21.6. The number of halogens is 2. The smallest absolute Gasteiger partial charge is 0.0450 e. The van der Waals surface area contributed by atoms with E-state index in [1.165, 1.54) is 22.3 Å². The lowest BCUT2D eigenvalue weighted by Crippen LogP contribution is -2.13. The molecule has 0 amide bonds. The molecule has 0 fully saturated rings. The number of hydrogen-bond acceptors (Lipinski definition) is 1. The Labute approximate surface area is 227 Å². The van der Waals surface area contributed by atoms with Gasteiger partial charge in [0.1, 0.15) is 0 Å². The van der Waals surface area contributed by atoms with E-state index in [1.807, 2.05) is 48.5 Å². The molecular weight excluding hydrogens is 481 g/mol. The molecule has 4 aromatic carbocycles. The first-order valence-corrected chi connectivity index (χ1v) is 13.7. The highest BCUT2D eigenvalue weighted by molar-refractivity contribution is 6.31. The van der Waals surface area contributed by atoms with Crippen LogP contribution in [0.5, 0.6) is 0 Å². The van der Waals surface area contributed by atoms with Crippen LogP contribution < -0.4 is 5.32 Å². The van der Waals surface area contributed by atoms with E-state index in [9.17, 15) is 0 Å². The lowest BCUT2D eigenvalue weighted by atomic mass is 9.83. The van der Waals surface area contributed by atoms with E-state index in [-0.39, 0.29) is 0 Å². The van der Waals surface area contributed by atoms with Gasteiger partial charge in [0.05, 0.1) is 0 Å². The lowest BCUT2D eigenvalue weighted by molar-refractivity contribution is 0.693. The van der Waals surface area contributed by atoms with Crippen LogP contribution in [0, 0.1) is 0 Å². The minimum absolute atomic E-state index is 0.535. The Morgan fingerprint density at radius 3 is 1.25 bits per heavy atom. The summed E-state index contributed by atoms with van der Waals surface area (Å²) in [5.74, 6) is 0.535. The van der Waals surface area contributed by atoms with Gasteiger partial charge in [-0.15, -0.1) is 0 Å². The molecule has 3 heteroatoms. The molecule has 0 radical (unpaired) electrons. The molecule has 36 heavy (non-hydrogen) atoms. The zero-order chi connectivity index (χ0) is 25.8. The fourth-order valence-corrected chi connectivity index (χ4v) is 5.02. The third kappa shape index (κ3) is 7.71. The van der Waals surface area contributed by atoms with Crippen LogP contribution in [0.2, 0.25) is 10.0 Å². The van der Waals surface area contributed by atoms with Crippen molar-refractivity contribution in [1.82, 2.24) is 5.32 Å². The van der Waals surface area contributed by atoms with Crippen LogP contribution in [0.25, 0.3) is 0 Å². The molecular formula is C33H37Cl2N. The minimum atomic E-state index is 0.535. The maximum absolute atomic E-state index is 6.07. The maximum atomic E-state index is 6.07. The predicted octanol–water partition coefficient (Wildman–Crippen LogP) is 9.64. The normalized spacial score (nSPS) is 10.7. The Hall–Kier alpha value is -2.58. The molecule has 0 atom stereocenters. The Morgan fingerprint density at radius 2 is 0.889 bits per heavy atom. The van der Waals surface area contributed by atoms with Crippen molar-refractivity contribution in [2.45, 2.75) is 59.0 Å². The number of rotatable bonds is 9. The highest BCUT2D eigenvalue weighted by Crippen LogP contribution is 2.32. The monoisotopic (exact) mass is 517 g/mol. The van der Waals surface area contributed by atoms with E-state index in [4.69, 9.17) is 23.2 Å². The van der Waals surface area contributed by atoms with Crippen molar-refractivity contribution >= 4 is 23.2 Å². The first kappa shape index (κ1) is 28.0. The molecule has 0 saturated carbocycles. The van der Waals surface area contributed by atoms with Gasteiger partial charge >= 0.3 is 0 Å². The Bertz CT molecular complexity index is 1120. The van der Waals surface area contributed by atoms with Gasteiger partial charge in [-0.3, -0.25) is 0 Å². The van der Waals surface area contributed by atoms with Crippen LogP contribution >= 0.6 is 23.2 Å². The molecule has 0 aliphatic rings. The SMILES string of the molecule is CCc1ccccc1C(CC)c1ccccc1CC.Clc1ccccc1CNCc1ccccc1Cl. The van der Waals surface area contributed by atoms with Gasteiger partial charge in [0.25, 0.3) is 0 Å². The summed E-state index contributed by atoms with van der Waals surface area (Å²) in [7, 11) is 0. The van der Waals surface area contributed by atoms with E-state index in [0.717, 1.165) is 53.5 Å². The molecule has 0 aliphatic carbocycles. The molecule has 1 nitrogen and oxygen atoms in total. The third-order valence-corrected chi connectivity index (χ3v) is 7.32. The van der Waals surface area contributed by atoms with E-state index in [1.54, 1.807) is 0 Å². The summed E-state index contributed by atoms with van der Waals surface area (Å²) in [6.07, 6.45) is 3.38. The van der Waals surface area contributed by atoms with E-state index in [2.05, 4.69) is 74.6 Å². The fraction of sp³-hybridized carbons (Fsp3) is 0.273. The van der Waals surface area contributed by atoms with Crippen molar-refractivity contribution in [2.24, 2.45) is 0 Å². The molecule has 0 aromatic heterocycles. The fourth-order valence-electron chi connectivity index (χ4n) is 4.61. The van der Waals surface area contributed by atoms with Crippen LogP contribution in [-0.4, -0.2) is 0 Å². The van der Waals surface area contributed by atoms with Gasteiger partial charge in [0.15, 0.2) is 0 Å². The highest BCUT2D eigenvalue weighted by Gasteiger charge is 2.17. The molecule has 0 heterocycles. The topological polar surface area (TPSA) is 12.0 Å². The Balaban J connectivity index is 0.000000202. The van der Waals surface area contributed by atoms with Crippen molar-refractivity contribution in [3.8, 4) is 0 Å². The summed E-state index contributed by atoms with van der Waals surface area (Å²) in [6, 6.07) is 33.5. The molecule has 0 bridgehead atoms. The summed E-state index contributed by atoms with van der Waals surface area (Å²) in [5.41, 5.74) is 8.18. The summed E-state index contributed by atoms with van der Waals surface area (Å²) in [5, 5.41) is 4.91. The second kappa shape index (κ2) is 14.9. The first-order valence-electron chi connectivity index (χ1n) is 12.9. The second-order valence-corrected chi connectivity index (χ2v) is 9.67. The van der Waals surface area contributed by atoms with Crippen molar-refractivity contribution in [3.63, 3.8) is 0 Å². The van der Waals surface area contributed by atoms with Crippen LogP contribution in [0.3, 0.4) is 0 Å². The molecule has 0 unspecified atom stereocenters. The van der Waals surface area contributed by atoms with Gasteiger partial charge in [-0.1, -0.05) is 129 Å². The van der Waals surface area contributed by atoms with Crippen LogP contribution in [0.4, 0.5) is 0 Å². The number of nitrogens with one attached hydrogen (secondary N) is 1. The molecule has 0 saturated heterocycles. The van der Waals surface area contributed by atoms with Crippen molar-refractivity contribution in [1.29, 1.82) is 0 Å². The molecule has 1 N–H and O–H groups in total. The molecule has 4 aromatic rings.